The minimum Gasteiger partial charge on any atom is -0.404 e. The van der Waals surface area contributed by atoms with E-state index in [1.54, 1.807) is 25.1 Å². The molecule has 152 valence electrons. The van der Waals surface area contributed by atoms with Gasteiger partial charge in [-0.1, -0.05) is 59.6 Å². The van der Waals surface area contributed by atoms with Gasteiger partial charge in [0.15, 0.2) is 0 Å². The number of nitrogens with one attached hydrogen (secondary N) is 2. The molecular weight excluding hydrogens is 407 g/mol. The second kappa shape index (κ2) is 11.3. The van der Waals surface area contributed by atoms with Crippen molar-refractivity contribution in [1.82, 2.24) is 10.6 Å². The van der Waals surface area contributed by atoms with Crippen LogP contribution in [0.25, 0.3) is 0 Å². The molecule has 0 unspecified atom stereocenters. The van der Waals surface area contributed by atoms with Gasteiger partial charge in [0.1, 0.15) is 11.5 Å². The number of allylic oxidation sites excluding steroid dienone is 1. The number of hydrogen-bond acceptors (Lipinski definition) is 4. The smallest absolute Gasteiger partial charge is 0.275 e. The van der Waals surface area contributed by atoms with E-state index in [0.717, 1.165) is 11.1 Å². The first-order valence-corrected chi connectivity index (χ1v) is 9.83. The van der Waals surface area contributed by atoms with Crippen LogP contribution < -0.4 is 16.4 Å². The van der Waals surface area contributed by atoms with E-state index < -0.39 is 0 Å². The maximum atomic E-state index is 12.8. The lowest BCUT2D eigenvalue weighted by atomic mass is 10.1. The average molecular weight is 431 g/mol. The van der Waals surface area contributed by atoms with Crippen LogP contribution in [0.15, 0.2) is 77.2 Å². The van der Waals surface area contributed by atoms with Crippen molar-refractivity contribution in [2.75, 3.05) is 0 Å². The van der Waals surface area contributed by atoms with E-state index >= 15 is 0 Å². The molecule has 2 rings (SSSR count). The van der Waals surface area contributed by atoms with Gasteiger partial charge in [-0.25, -0.2) is 0 Å². The summed E-state index contributed by atoms with van der Waals surface area (Å²) >= 11 is 12.0. The molecule has 4 N–H and O–H groups in total. The lowest BCUT2D eigenvalue weighted by Crippen LogP contribution is -2.36. The zero-order valence-electron chi connectivity index (χ0n) is 16.4. The van der Waals surface area contributed by atoms with Crippen molar-refractivity contribution in [3.8, 4) is 0 Å². The van der Waals surface area contributed by atoms with Crippen LogP contribution >= 0.6 is 23.2 Å². The summed E-state index contributed by atoms with van der Waals surface area (Å²) in [6, 6.07) is 15.1. The quantitative estimate of drug-likeness (QED) is 0.536. The van der Waals surface area contributed by atoms with Gasteiger partial charge in [0.2, 0.25) is 0 Å². The number of benzene rings is 2. The number of aliphatic imine (C=N–C) groups is 1. The second-order valence-electron chi connectivity index (χ2n) is 6.26. The van der Waals surface area contributed by atoms with Gasteiger partial charge in [-0.15, -0.1) is 0 Å². The fraction of sp³-hybridized carbons (Fsp3) is 0.182. The van der Waals surface area contributed by atoms with Crippen molar-refractivity contribution in [3.05, 3.63) is 93.4 Å². The largest absolute Gasteiger partial charge is 0.404 e. The molecule has 1 amide bonds. The highest BCUT2D eigenvalue weighted by atomic mass is 35.5. The molecule has 0 heterocycles. The molecule has 5 nitrogen and oxygen atoms in total. The molecule has 0 fully saturated rings. The zero-order valence-corrected chi connectivity index (χ0v) is 17.9. The second-order valence-corrected chi connectivity index (χ2v) is 7.07. The molecule has 0 spiro atoms. The van der Waals surface area contributed by atoms with E-state index in [4.69, 9.17) is 28.9 Å². The molecule has 0 saturated heterocycles. The highest BCUT2D eigenvalue weighted by Crippen LogP contribution is 2.22. The fourth-order valence-electron chi connectivity index (χ4n) is 2.46. The highest BCUT2D eigenvalue weighted by molar-refractivity contribution is 6.45. The van der Waals surface area contributed by atoms with Gasteiger partial charge in [-0.05, 0) is 55.0 Å². The molecule has 0 aliphatic carbocycles. The van der Waals surface area contributed by atoms with Gasteiger partial charge in [0.25, 0.3) is 5.91 Å². The van der Waals surface area contributed by atoms with Crippen molar-refractivity contribution in [3.63, 3.8) is 0 Å². The molecule has 2 aromatic rings. The number of hydrogen-bond donors (Lipinski definition) is 3. The number of rotatable bonds is 8. The van der Waals surface area contributed by atoms with Crippen LogP contribution in [0.5, 0.6) is 0 Å². The van der Waals surface area contributed by atoms with E-state index in [2.05, 4.69) is 15.6 Å². The summed E-state index contributed by atoms with van der Waals surface area (Å²) < 4.78 is 0. The molecule has 0 radical (unpaired) electrons. The topological polar surface area (TPSA) is 79.5 Å². The SMILES string of the molecule is CC=C(NCc1ccc(Cl)c(Cl)c1)NC(=O)C(=NCc1ccccc1)/C(C)=C\N. The number of nitrogens with zero attached hydrogens (tertiary/aromatic N) is 1. The first-order chi connectivity index (χ1) is 13.9. The van der Waals surface area contributed by atoms with Gasteiger partial charge in [-0.2, -0.15) is 0 Å². The van der Waals surface area contributed by atoms with E-state index in [-0.39, 0.29) is 11.6 Å². The Morgan fingerprint density at radius 1 is 1.10 bits per heavy atom. The minimum absolute atomic E-state index is 0.284. The molecule has 2 aromatic carbocycles. The Balaban J connectivity index is 2.06. The van der Waals surface area contributed by atoms with Crippen LogP contribution in [0.1, 0.15) is 25.0 Å². The molecular formula is C22H24Cl2N4O. The molecule has 7 heteroatoms. The monoisotopic (exact) mass is 430 g/mol. The third-order valence-electron chi connectivity index (χ3n) is 4.11. The number of nitrogens with two attached hydrogens (primary N) is 1. The lowest BCUT2D eigenvalue weighted by Gasteiger charge is -2.14. The summed E-state index contributed by atoms with van der Waals surface area (Å²) in [4.78, 5) is 17.2. The summed E-state index contributed by atoms with van der Waals surface area (Å²) in [5, 5.41) is 6.99. The Bertz CT molecular complexity index is 937. The van der Waals surface area contributed by atoms with Crippen molar-refractivity contribution in [2.24, 2.45) is 10.7 Å². The number of halogens is 2. The van der Waals surface area contributed by atoms with Crippen molar-refractivity contribution < 1.29 is 4.79 Å². The molecule has 0 bridgehead atoms. The van der Waals surface area contributed by atoms with E-state index in [1.165, 1.54) is 6.20 Å². The predicted octanol–water partition coefficient (Wildman–Crippen LogP) is 4.56. The molecule has 0 aliphatic rings. The third kappa shape index (κ3) is 6.97. The van der Waals surface area contributed by atoms with Crippen LogP contribution in [-0.2, 0) is 17.9 Å². The Hall–Kier alpha value is -2.76. The Morgan fingerprint density at radius 2 is 1.83 bits per heavy atom. The Morgan fingerprint density at radius 3 is 2.45 bits per heavy atom. The summed E-state index contributed by atoms with van der Waals surface area (Å²) in [5.41, 5.74) is 8.45. The molecule has 0 aliphatic heterocycles. The standard InChI is InChI=1S/C22H24Cl2N4O/c1-3-20(26-14-17-9-10-18(23)19(24)11-17)28-22(29)21(15(2)12-25)27-13-16-7-5-4-6-8-16/h3-12,26H,13-14,25H2,1-2H3,(H,28,29)/b15-12-,20-3?,27-21?. The van der Waals surface area contributed by atoms with Crippen LogP contribution in [-0.4, -0.2) is 11.6 Å². The number of amides is 1. The summed E-state index contributed by atoms with van der Waals surface area (Å²) in [5.74, 6) is 0.216. The van der Waals surface area contributed by atoms with Gasteiger partial charge < -0.3 is 16.4 Å². The third-order valence-corrected chi connectivity index (χ3v) is 4.84. The van der Waals surface area contributed by atoms with Crippen LogP contribution in [0.3, 0.4) is 0 Å². The number of carbonyl (C=O) groups excluding carboxylic acids is 1. The van der Waals surface area contributed by atoms with Crippen LogP contribution in [0.4, 0.5) is 0 Å². The number of carbonyl (C=O) groups is 1. The summed E-state index contributed by atoms with van der Waals surface area (Å²) in [6.45, 7) is 4.43. The first kappa shape index (κ1) is 22.5. The predicted molar refractivity (Wildman–Crippen MR) is 121 cm³/mol. The normalized spacial score (nSPS) is 12.6. The van der Waals surface area contributed by atoms with Gasteiger partial charge in [0.05, 0.1) is 16.6 Å². The molecule has 29 heavy (non-hydrogen) atoms. The van der Waals surface area contributed by atoms with Crippen LogP contribution in [0.2, 0.25) is 10.0 Å². The molecule has 0 aromatic heterocycles. The minimum atomic E-state index is -0.338. The maximum absolute atomic E-state index is 12.8. The first-order valence-electron chi connectivity index (χ1n) is 9.07. The lowest BCUT2D eigenvalue weighted by molar-refractivity contribution is -0.114. The van der Waals surface area contributed by atoms with Gasteiger partial charge >= 0.3 is 0 Å². The average Bonchev–Trinajstić information content (AvgIpc) is 2.74. The van der Waals surface area contributed by atoms with Gasteiger partial charge in [-0.3, -0.25) is 9.79 Å². The maximum Gasteiger partial charge on any atom is 0.275 e. The Labute approximate surface area is 181 Å². The van der Waals surface area contributed by atoms with E-state index in [9.17, 15) is 4.79 Å². The van der Waals surface area contributed by atoms with Crippen LogP contribution in [0, 0.1) is 0 Å². The zero-order chi connectivity index (χ0) is 21.2. The fourth-order valence-corrected chi connectivity index (χ4v) is 2.78. The highest BCUT2D eigenvalue weighted by Gasteiger charge is 2.14. The summed E-state index contributed by atoms with van der Waals surface area (Å²) in [6.07, 6.45) is 3.15. The van der Waals surface area contributed by atoms with Gasteiger partial charge in [0, 0.05) is 6.54 Å². The van der Waals surface area contributed by atoms with Crippen molar-refractivity contribution in [1.29, 1.82) is 0 Å². The van der Waals surface area contributed by atoms with Crippen molar-refractivity contribution >= 4 is 34.8 Å². The van der Waals surface area contributed by atoms with E-state index in [1.807, 2.05) is 43.3 Å². The molecule has 0 saturated carbocycles. The van der Waals surface area contributed by atoms with E-state index in [0.29, 0.717) is 34.5 Å². The summed E-state index contributed by atoms with van der Waals surface area (Å²) in [7, 11) is 0. The Kier molecular flexibility index (Phi) is 8.77. The van der Waals surface area contributed by atoms with Crippen molar-refractivity contribution in [2.45, 2.75) is 26.9 Å². The molecule has 0 atom stereocenters.